The van der Waals surface area contributed by atoms with E-state index in [1.807, 2.05) is 0 Å². The zero-order chi connectivity index (χ0) is 19.6. The topological polar surface area (TPSA) is 76.9 Å². The molecule has 10 heteroatoms. The van der Waals surface area contributed by atoms with E-state index >= 15 is 0 Å². The minimum Gasteiger partial charge on any atom is -0.296 e. The maximum Gasteiger partial charge on any atom is 0.416 e. The van der Waals surface area contributed by atoms with Gasteiger partial charge >= 0.3 is 6.18 Å². The Labute approximate surface area is 155 Å². The van der Waals surface area contributed by atoms with E-state index in [1.54, 1.807) is 6.20 Å². The fourth-order valence-corrected chi connectivity index (χ4v) is 3.09. The number of carbonyl (C=O) groups is 1. The first-order valence-corrected chi connectivity index (χ1v) is 8.50. The Hall–Kier alpha value is -3.01. The zero-order valence-electron chi connectivity index (χ0n) is 13.9. The molecule has 0 atom stereocenters. The van der Waals surface area contributed by atoms with E-state index in [2.05, 4.69) is 15.4 Å². The Kier molecular flexibility index (Phi) is 5.08. The second-order valence-electron chi connectivity index (χ2n) is 5.64. The van der Waals surface area contributed by atoms with E-state index in [4.69, 9.17) is 0 Å². The van der Waals surface area contributed by atoms with E-state index in [9.17, 15) is 22.8 Å². The van der Waals surface area contributed by atoms with Crippen molar-refractivity contribution in [3.63, 3.8) is 0 Å². The first-order chi connectivity index (χ1) is 12.7. The van der Waals surface area contributed by atoms with E-state index in [1.165, 1.54) is 42.6 Å². The molecule has 0 radical (unpaired) electrons. The van der Waals surface area contributed by atoms with Gasteiger partial charge in [-0.15, -0.1) is 11.3 Å². The maximum atomic E-state index is 12.6. The van der Waals surface area contributed by atoms with Gasteiger partial charge in [-0.1, -0.05) is 12.1 Å². The number of rotatable bonds is 4. The smallest absolute Gasteiger partial charge is 0.296 e. The van der Waals surface area contributed by atoms with Crippen LogP contribution in [0.2, 0.25) is 0 Å². The van der Waals surface area contributed by atoms with E-state index in [0.717, 1.165) is 21.7 Å². The lowest BCUT2D eigenvalue weighted by atomic mass is 10.1. The molecule has 3 rings (SSSR count). The first kappa shape index (κ1) is 18.8. The molecule has 0 aliphatic carbocycles. The third kappa shape index (κ3) is 4.59. The highest BCUT2D eigenvalue weighted by Gasteiger charge is 2.29. The van der Waals surface area contributed by atoms with Crippen LogP contribution in [0.5, 0.6) is 0 Å². The van der Waals surface area contributed by atoms with E-state index in [-0.39, 0.29) is 11.3 Å². The Morgan fingerprint density at radius 1 is 1.19 bits per heavy atom. The van der Waals surface area contributed by atoms with Crippen LogP contribution in [-0.2, 0) is 19.6 Å². The molecular formula is C17H13F3N4O2S. The fourth-order valence-electron chi connectivity index (χ4n) is 2.24. The molecule has 1 amide bonds. The number of halogens is 3. The van der Waals surface area contributed by atoms with Crippen molar-refractivity contribution in [1.29, 1.82) is 0 Å². The van der Waals surface area contributed by atoms with Crippen LogP contribution in [0.4, 0.5) is 18.3 Å². The van der Waals surface area contributed by atoms with Gasteiger partial charge in [-0.25, -0.2) is 9.67 Å². The lowest BCUT2D eigenvalue weighted by Gasteiger charge is -2.06. The quantitative estimate of drug-likeness (QED) is 0.738. The molecule has 0 aliphatic heterocycles. The number of carbonyl (C=O) groups excluding carboxylic acids is 1. The van der Waals surface area contributed by atoms with Gasteiger partial charge in [0.2, 0.25) is 0 Å². The minimum atomic E-state index is -4.37. The van der Waals surface area contributed by atoms with Gasteiger partial charge in [-0.3, -0.25) is 14.9 Å². The van der Waals surface area contributed by atoms with Gasteiger partial charge in [0.25, 0.3) is 11.5 Å². The Balaban J connectivity index is 1.67. The lowest BCUT2D eigenvalue weighted by molar-refractivity contribution is -0.137. The molecule has 0 saturated heterocycles. The summed E-state index contributed by atoms with van der Waals surface area (Å²) in [4.78, 5) is 28.3. The molecule has 1 aromatic carbocycles. The average molecular weight is 394 g/mol. The monoisotopic (exact) mass is 394 g/mol. The number of hydrogen-bond acceptors (Lipinski definition) is 5. The second-order valence-corrected chi connectivity index (χ2v) is 6.75. The van der Waals surface area contributed by atoms with Crippen LogP contribution in [0.25, 0.3) is 0 Å². The molecule has 2 aromatic heterocycles. The van der Waals surface area contributed by atoms with E-state index < -0.39 is 17.6 Å². The molecule has 0 spiro atoms. The highest BCUT2D eigenvalue weighted by molar-refractivity contribution is 7.15. The standard InChI is InChI=1S/C17H13F3N4O2S/c1-24-14(25)7-6-13(23-24)15(26)22-16-21-9-12(27-16)8-10-2-4-11(5-3-10)17(18,19)20/h2-7,9H,8H2,1H3,(H,21,22,26). The van der Waals surface area contributed by atoms with Crippen LogP contribution in [-0.4, -0.2) is 20.7 Å². The SMILES string of the molecule is Cn1nc(C(=O)Nc2ncc(Cc3ccc(C(F)(F)F)cc3)s2)ccc1=O. The van der Waals surface area contributed by atoms with Crippen molar-refractivity contribution >= 4 is 22.4 Å². The summed E-state index contributed by atoms with van der Waals surface area (Å²) in [5.41, 5.74) is -0.270. The zero-order valence-corrected chi connectivity index (χ0v) is 14.8. The largest absolute Gasteiger partial charge is 0.416 e. The molecular weight excluding hydrogens is 381 g/mol. The van der Waals surface area contributed by atoms with Crippen LogP contribution < -0.4 is 10.9 Å². The summed E-state index contributed by atoms with van der Waals surface area (Å²) in [6, 6.07) is 7.44. The maximum absolute atomic E-state index is 12.6. The first-order valence-electron chi connectivity index (χ1n) is 7.69. The van der Waals surface area contributed by atoms with E-state index in [0.29, 0.717) is 17.1 Å². The fraction of sp³-hybridized carbons (Fsp3) is 0.176. The molecule has 2 heterocycles. The van der Waals surface area contributed by atoms with Gasteiger partial charge in [0.15, 0.2) is 5.13 Å². The van der Waals surface area contributed by atoms with Crippen molar-refractivity contribution in [3.05, 3.63) is 74.6 Å². The Morgan fingerprint density at radius 3 is 2.52 bits per heavy atom. The molecule has 0 fully saturated rings. The lowest BCUT2D eigenvalue weighted by Crippen LogP contribution is -2.23. The van der Waals surface area contributed by atoms with Gasteiger partial charge in [0, 0.05) is 30.6 Å². The van der Waals surface area contributed by atoms with Crippen molar-refractivity contribution in [3.8, 4) is 0 Å². The Bertz CT molecular complexity index is 1030. The van der Waals surface area contributed by atoms with Gasteiger partial charge < -0.3 is 0 Å². The number of nitrogens with zero attached hydrogens (tertiary/aromatic N) is 3. The average Bonchev–Trinajstić information content (AvgIpc) is 3.04. The summed E-state index contributed by atoms with van der Waals surface area (Å²) in [5, 5.41) is 6.76. The molecule has 27 heavy (non-hydrogen) atoms. The van der Waals surface area contributed by atoms with Gasteiger partial charge in [-0.2, -0.15) is 18.3 Å². The number of hydrogen-bond donors (Lipinski definition) is 1. The molecule has 0 unspecified atom stereocenters. The molecule has 0 aliphatic rings. The number of anilines is 1. The van der Waals surface area contributed by atoms with Crippen LogP contribution in [0.15, 0.2) is 47.4 Å². The van der Waals surface area contributed by atoms with Crippen molar-refractivity contribution in [2.45, 2.75) is 12.6 Å². The van der Waals surface area contributed by atoms with Crippen molar-refractivity contribution in [1.82, 2.24) is 14.8 Å². The number of aryl methyl sites for hydroxylation is 1. The summed E-state index contributed by atoms with van der Waals surface area (Å²) in [6.45, 7) is 0. The second kappa shape index (κ2) is 7.31. The summed E-state index contributed by atoms with van der Waals surface area (Å²) in [7, 11) is 1.44. The van der Waals surface area contributed by atoms with Crippen LogP contribution in [0, 0.1) is 0 Å². The third-order valence-electron chi connectivity index (χ3n) is 3.63. The molecule has 3 aromatic rings. The Morgan fingerprint density at radius 2 is 1.89 bits per heavy atom. The van der Waals surface area contributed by atoms with Gasteiger partial charge in [0.05, 0.1) is 5.56 Å². The number of aromatic nitrogens is 3. The predicted molar refractivity (Wildman–Crippen MR) is 93.8 cm³/mol. The number of benzene rings is 1. The predicted octanol–water partition coefficient (Wildman–Crippen LogP) is 3.10. The summed E-state index contributed by atoms with van der Waals surface area (Å²) in [6.07, 6.45) is -2.43. The van der Waals surface area contributed by atoms with Crippen molar-refractivity contribution in [2.24, 2.45) is 7.05 Å². The number of thiazole rings is 1. The number of alkyl halides is 3. The molecule has 140 valence electrons. The van der Waals surface area contributed by atoms with Gasteiger partial charge in [-0.05, 0) is 23.8 Å². The van der Waals surface area contributed by atoms with Gasteiger partial charge in [0.1, 0.15) is 5.69 Å². The highest BCUT2D eigenvalue weighted by atomic mass is 32.1. The minimum absolute atomic E-state index is 0.0663. The molecule has 6 nitrogen and oxygen atoms in total. The normalized spacial score (nSPS) is 11.4. The van der Waals surface area contributed by atoms with Crippen molar-refractivity contribution < 1.29 is 18.0 Å². The third-order valence-corrected chi connectivity index (χ3v) is 4.54. The summed E-state index contributed by atoms with van der Waals surface area (Å²) in [5.74, 6) is -0.513. The van der Waals surface area contributed by atoms with Crippen LogP contribution >= 0.6 is 11.3 Å². The number of amides is 1. The number of nitrogens with one attached hydrogen (secondary N) is 1. The van der Waals surface area contributed by atoms with Crippen LogP contribution in [0.3, 0.4) is 0 Å². The van der Waals surface area contributed by atoms with Crippen LogP contribution in [0.1, 0.15) is 26.5 Å². The highest BCUT2D eigenvalue weighted by Crippen LogP contribution is 2.30. The molecule has 0 bridgehead atoms. The van der Waals surface area contributed by atoms with Crippen molar-refractivity contribution in [2.75, 3.05) is 5.32 Å². The molecule has 1 N–H and O–H groups in total. The molecule has 0 saturated carbocycles. The summed E-state index contributed by atoms with van der Waals surface area (Å²) >= 11 is 1.21. The summed E-state index contributed by atoms with van der Waals surface area (Å²) < 4.78 is 38.8.